The summed E-state index contributed by atoms with van der Waals surface area (Å²) in [4.78, 5) is 31.6. The lowest BCUT2D eigenvalue weighted by Crippen LogP contribution is -2.29. The normalized spacial score (nSPS) is 18.0. The maximum atomic E-state index is 13.1. The third-order valence-corrected chi connectivity index (χ3v) is 7.47. The first-order valence-electron chi connectivity index (χ1n) is 10.5. The number of Topliss-reactive ketones (excluding diaryl/α,β-unsaturated/α-hetero) is 1. The second kappa shape index (κ2) is 9.20. The monoisotopic (exact) mass is 477 g/mol. The van der Waals surface area contributed by atoms with Crippen molar-refractivity contribution in [3.63, 3.8) is 0 Å². The summed E-state index contributed by atoms with van der Waals surface area (Å²) in [6, 6.07) is 17.3. The summed E-state index contributed by atoms with van der Waals surface area (Å²) in [6.07, 6.45) is 3.23. The Morgan fingerprint density at radius 3 is 2.26 bits per heavy atom. The van der Waals surface area contributed by atoms with Crippen molar-refractivity contribution in [2.75, 3.05) is 14.1 Å². The zero-order valence-corrected chi connectivity index (χ0v) is 19.4. The Morgan fingerprint density at radius 2 is 1.68 bits per heavy atom. The number of carbonyl (C=O) groups is 2. The first kappa shape index (κ1) is 23.3. The first-order chi connectivity index (χ1) is 16.2. The SMILES string of the molecule is CN(C)S(=O)(=O)c1ccc(/C(O)=C2/C(=O)C(=O)N(Cc3cccnc3)C2c2ccccc2)cc1. The fourth-order valence-electron chi connectivity index (χ4n) is 3.86. The molecule has 0 spiro atoms. The van der Waals surface area contributed by atoms with Crippen molar-refractivity contribution in [3.05, 3.63) is 101 Å². The van der Waals surface area contributed by atoms with E-state index in [4.69, 9.17) is 0 Å². The predicted molar refractivity (Wildman–Crippen MR) is 126 cm³/mol. The molecule has 1 atom stereocenters. The van der Waals surface area contributed by atoms with Crippen LogP contribution in [0.2, 0.25) is 0 Å². The molecule has 0 radical (unpaired) electrons. The molecule has 0 aliphatic carbocycles. The van der Waals surface area contributed by atoms with Crippen molar-refractivity contribution in [2.24, 2.45) is 0 Å². The van der Waals surface area contributed by atoms with Crippen LogP contribution in [-0.4, -0.2) is 53.5 Å². The van der Waals surface area contributed by atoms with Gasteiger partial charge in [0.15, 0.2) is 0 Å². The van der Waals surface area contributed by atoms with E-state index in [0.29, 0.717) is 5.56 Å². The van der Waals surface area contributed by atoms with Crippen LogP contribution in [0.5, 0.6) is 0 Å². The Hall–Kier alpha value is -3.82. The van der Waals surface area contributed by atoms with Gasteiger partial charge in [-0.3, -0.25) is 14.6 Å². The molecule has 1 unspecified atom stereocenters. The van der Waals surface area contributed by atoms with Crippen LogP contribution in [0.15, 0.2) is 89.6 Å². The number of amides is 1. The first-order valence-corrected chi connectivity index (χ1v) is 11.9. The van der Waals surface area contributed by atoms with Gasteiger partial charge < -0.3 is 10.0 Å². The van der Waals surface area contributed by atoms with Crippen molar-refractivity contribution < 1.29 is 23.1 Å². The number of carbonyl (C=O) groups excluding carboxylic acids is 2. The smallest absolute Gasteiger partial charge is 0.295 e. The third-order valence-electron chi connectivity index (χ3n) is 5.64. The number of aliphatic hydroxyl groups excluding tert-OH is 1. The van der Waals surface area contributed by atoms with Crippen molar-refractivity contribution in [1.29, 1.82) is 0 Å². The van der Waals surface area contributed by atoms with E-state index in [1.54, 1.807) is 48.8 Å². The van der Waals surface area contributed by atoms with E-state index >= 15 is 0 Å². The maximum Gasteiger partial charge on any atom is 0.295 e. The molecule has 1 aliphatic rings. The van der Waals surface area contributed by atoms with Crippen LogP contribution in [-0.2, 0) is 26.2 Å². The number of aliphatic hydroxyl groups is 1. The highest BCUT2D eigenvalue weighted by Crippen LogP contribution is 2.40. The fourth-order valence-corrected chi connectivity index (χ4v) is 4.77. The Kier molecular flexibility index (Phi) is 6.32. The minimum Gasteiger partial charge on any atom is -0.507 e. The number of rotatable bonds is 6. The molecule has 1 aliphatic heterocycles. The van der Waals surface area contributed by atoms with Gasteiger partial charge in [0.25, 0.3) is 11.7 Å². The highest BCUT2D eigenvalue weighted by Gasteiger charge is 2.46. The average molecular weight is 478 g/mol. The van der Waals surface area contributed by atoms with Gasteiger partial charge in [0.2, 0.25) is 10.0 Å². The lowest BCUT2D eigenvalue weighted by molar-refractivity contribution is -0.140. The lowest BCUT2D eigenvalue weighted by Gasteiger charge is -2.25. The number of benzene rings is 2. The molecule has 1 amide bonds. The summed E-state index contributed by atoms with van der Waals surface area (Å²) in [5.41, 5.74) is 1.59. The standard InChI is InChI=1S/C25H23N3O5S/c1-27(2)34(32,33)20-12-10-19(11-13-20)23(29)21-22(18-8-4-3-5-9-18)28(25(31)24(21)30)16-17-7-6-14-26-15-17/h3-15,22,29H,16H2,1-2H3/b23-21-. The summed E-state index contributed by atoms with van der Waals surface area (Å²) in [5.74, 6) is -1.90. The Morgan fingerprint density at radius 1 is 1.00 bits per heavy atom. The van der Waals surface area contributed by atoms with E-state index < -0.39 is 27.8 Å². The van der Waals surface area contributed by atoms with Crippen LogP contribution in [0.1, 0.15) is 22.7 Å². The molecule has 9 heteroatoms. The second-order valence-corrected chi connectivity index (χ2v) is 10.2. The molecule has 0 saturated carbocycles. The minimum absolute atomic E-state index is 0.0469. The molecular weight excluding hydrogens is 454 g/mol. The van der Waals surface area contributed by atoms with Crippen LogP contribution in [0.4, 0.5) is 0 Å². The van der Waals surface area contributed by atoms with Crippen molar-refractivity contribution in [3.8, 4) is 0 Å². The number of hydrogen-bond acceptors (Lipinski definition) is 6. The summed E-state index contributed by atoms with van der Waals surface area (Å²) in [5, 5.41) is 11.1. The molecular formula is C25H23N3O5S. The molecule has 34 heavy (non-hydrogen) atoms. The predicted octanol–water partition coefficient (Wildman–Crippen LogP) is 2.95. The fraction of sp³-hybridized carbons (Fsp3) is 0.160. The molecule has 4 rings (SSSR count). The summed E-state index contributed by atoms with van der Waals surface area (Å²) in [6.45, 7) is 0.134. The van der Waals surface area contributed by atoms with E-state index in [2.05, 4.69) is 4.98 Å². The number of nitrogens with zero attached hydrogens (tertiary/aromatic N) is 3. The van der Waals surface area contributed by atoms with Gasteiger partial charge in [0.05, 0.1) is 16.5 Å². The number of likely N-dealkylation sites (tertiary alicyclic amines) is 1. The molecule has 1 aromatic heterocycles. The molecule has 8 nitrogen and oxygen atoms in total. The molecule has 2 heterocycles. The van der Waals surface area contributed by atoms with Gasteiger partial charge in [-0.05, 0) is 41.5 Å². The van der Waals surface area contributed by atoms with Crippen LogP contribution in [0, 0.1) is 0 Å². The van der Waals surface area contributed by atoms with E-state index in [1.807, 2.05) is 6.07 Å². The largest absolute Gasteiger partial charge is 0.507 e. The van der Waals surface area contributed by atoms with Gasteiger partial charge in [-0.1, -0.05) is 36.4 Å². The van der Waals surface area contributed by atoms with Gasteiger partial charge in [-0.2, -0.15) is 0 Å². The molecule has 1 saturated heterocycles. The topological polar surface area (TPSA) is 108 Å². The Labute approximate surface area is 197 Å². The second-order valence-electron chi connectivity index (χ2n) is 8.01. The summed E-state index contributed by atoms with van der Waals surface area (Å²) in [7, 11) is -0.808. The lowest BCUT2D eigenvalue weighted by atomic mass is 9.95. The van der Waals surface area contributed by atoms with Crippen LogP contribution >= 0.6 is 0 Å². The Balaban J connectivity index is 1.81. The number of sulfonamides is 1. The third kappa shape index (κ3) is 4.23. The van der Waals surface area contributed by atoms with Gasteiger partial charge in [0, 0.05) is 38.6 Å². The molecule has 2 aromatic carbocycles. The summed E-state index contributed by atoms with van der Waals surface area (Å²) >= 11 is 0. The number of aromatic nitrogens is 1. The molecule has 1 N–H and O–H groups in total. The van der Waals surface area contributed by atoms with Gasteiger partial charge in [-0.15, -0.1) is 0 Å². The number of ketones is 1. The molecule has 0 bridgehead atoms. The quantitative estimate of drug-likeness (QED) is 0.332. The number of hydrogen-bond donors (Lipinski definition) is 1. The highest BCUT2D eigenvalue weighted by atomic mass is 32.2. The molecule has 3 aromatic rings. The van der Waals surface area contributed by atoms with Crippen molar-refractivity contribution in [1.82, 2.24) is 14.2 Å². The maximum absolute atomic E-state index is 13.1. The van der Waals surface area contributed by atoms with E-state index in [0.717, 1.165) is 9.87 Å². The zero-order valence-electron chi connectivity index (χ0n) is 18.6. The van der Waals surface area contributed by atoms with Crippen LogP contribution in [0.25, 0.3) is 5.76 Å². The molecule has 174 valence electrons. The van der Waals surface area contributed by atoms with Crippen molar-refractivity contribution >= 4 is 27.5 Å². The van der Waals surface area contributed by atoms with Crippen molar-refractivity contribution in [2.45, 2.75) is 17.5 Å². The minimum atomic E-state index is -3.65. The van der Waals surface area contributed by atoms with Gasteiger partial charge >= 0.3 is 0 Å². The van der Waals surface area contributed by atoms with Crippen LogP contribution in [0.3, 0.4) is 0 Å². The van der Waals surface area contributed by atoms with E-state index in [-0.39, 0.29) is 28.3 Å². The highest BCUT2D eigenvalue weighted by molar-refractivity contribution is 7.89. The Bertz CT molecular complexity index is 1350. The van der Waals surface area contributed by atoms with E-state index in [9.17, 15) is 23.1 Å². The van der Waals surface area contributed by atoms with Gasteiger partial charge in [0.1, 0.15) is 5.76 Å². The van der Waals surface area contributed by atoms with Gasteiger partial charge in [-0.25, -0.2) is 12.7 Å². The van der Waals surface area contributed by atoms with E-state index in [1.165, 1.54) is 43.3 Å². The zero-order chi connectivity index (χ0) is 24.5. The molecule has 1 fully saturated rings. The summed E-state index contributed by atoms with van der Waals surface area (Å²) < 4.78 is 25.8. The average Bonchev–Trinajstić information content (AvgIpc) is 3.09. The number of pyridine rings is 1. The van der Waals surface area contributed by atoms with Crippen LogP contribution < -0.4 is 0 Å².